The molecule has 3 rings (SSSR count). The molecule has 0 unspecified atom stereocenters. The number of anilines is 1. The molecule has 0 bridgehead atoms. The van der Waals surface area contributed by atoms with Crippen molar-refractivity contribution in [2.45, 2.75) is 38.5 Å². The van der Waals surface area contributed by atoms with Crippen LogP contribution in [0.5, 0.6) is 5.75 Å². The molecule has 6 nitrogen and oxygen atoms in total. The van der Waals surface area contributed by atoms with Gasteiger partial charge >= 0.3 is 0 Å². The van der Waals surface area contributed by atoms with E-state index in [2.05, 4.69) is 12.2 Å². The van der Waals surface area contributed by atoms with Gasteiger partial charge in [-0.25, -0.2) is 8.42 Å². The third kappa shape index (κ3) is 5.36. The highest BCUT2D eigenvalue weighted by Gasteiger charge is 2.27. The number of amides is 1. The van der Waals surface area contributed by atoms with Crippen LogP contribution in [0.3, 0.4) is 0 Å². The Morgan fingerprint density at radius 3 is 2.34 bits per heavy atom. The van der Waals surface area contributed by atoms with Crippen LogP contribution in [-0.4, -0.2) is 38.3 Å². The molecule has 1 fully saturated rings. The lowest BCUT2D eigenvalue weighted by atomic mass is 10.0. The predicted molar refractivity (Wildman–Crippen MR) is 114 cm³/mol. The summed E-state index contributed by atoms with van der Waals surface area (Å²) >= 11 is 0. The smallest absolute Gasteiger partial charge is 0.262 e. The van der Waals surface area contributed by atoms with Crippen molar-refractivity contribution in [1.29, 1.82) is 0 Å². The van der Waals surface area contributed by atoms with Crippen LogP contribution in [0.4, 0.5) is 5.69 Å². The quantitative estimate of drug-likeness (QED) is 0.778. The second-order valence-corrected chi connectivity index (χ2v) is 9.63. The van der Waals surface area contributed by atoms with Crippen molar-refractivity contribution in [1.82, 2.24) is 4.31 Å². The number of rotatable bonds is 6. The first kappa shape index (κ1) is 21.3. The van der Waals surface area contributed by atoms with Gasteiger partial charge in [-0.15, -0.1) is 0 Å². The number of hydrogen-bond acceptors (Lipinski definition) is 4. The number of piperidine rings is 1. The predicted octanol–water partition coefficient (Wildman–Crippen LogP) is 3.74. The zero-order chi connectivity index (χ0) is 21.0. The molecule has 0 aliphatic carbocycles. The zero-order valence-electron chi connectivity index (χ0n) is 17.1. The molecule has 2 aromatic carbocycles. The lowest BCUT2D eigenvalue weighted by Crippen LogP contribution is -2.37. The standard InChI is InChI=1S/C22H28N2O4S/c1-16-10-12-24(13-11-16)29(26,27)21-8-6-20(7-9-21)28-15-22(25)23-19-5-4-17(2)18(3)14-19/h4-9,14,16H,10-13,15H2,1-3H3,(H,23,25). The summed E-state index contributed by atoms with van der Waals surface area (Å²) in [6.07, 6.45) is 1.77. The fourth-order valence-electron chi connectivity index (χ4n) is 3.25. The molecule has 1 aliphatic heterocycles. The third-order valence-electron chi connectivity index (χ3n) is 5.36. The average Bonchev–Trinajstić information content (AvgIpc) is 2.70. The van der Waals surface area contributed by atoms with Crippen molar-refractivity contribution in [3.8, 4) is 5.75 Å². The largest absolute Gasteiger partial charge is 0.484 e. The Morgan fingerprint density at radius 2 is 1.72 bits per heavy atom. The van der Waals surface area contributed by atoms with Gasteiger partial charge in [-0.05, 0) is 80.1 Å². The summed E-state index contributed by atoms with van der Waals surface area (Å²) in [6.45, 7) is 7.11. The van der Waals surface area contributed by atoms with Crippen LogP contribution in [-0.2, 0) is 14.8 Å². The van der Waals surface area contributed by atoms with E-state index >= 15 is 0 Å². The van der Waals surface area contributed by atoms with E-state index in [1.54, 1.807) is 16.4 Å². The van der Waals surface area contributed by atoms with Crippen molar-refractivity contribution < 1.29 is 17.9 Å². The lowest BCUT2D eigenvalue weighted by Gasteiger charge is -2.29. The molecule has 2 aromatic rings. The Hall–Kier alpha value is -2.38. The van der Waals surface area contributed by atoms with Crippen LogP contribution in [0.1, 0.15) is 30.9 Å². The lowest BCUT2D eigenvalue weighted by molar-refractivity contribution is -0.118. The maximum absolute atomic E-state index is 12.7. The SMILES string of the molecule is Cc1ccc(NC(=O)COc2ccc(S(=O)(=O)N3CCC(C)CC3)cc2)cc1C. The van der Waals surface area contributed by atoms with E-state index in [-0.39, 0.29) is 17.4 Å². The number of benzene rings is 2. The van der Waals surface area contributed by atoms with Crippen molar-refractivity contribution in [2.24, 2.45) is 5.92 Å². The first-order valence-corrected chi connectivity index (χ1v) is 11.3. The minimum atomic E-state index is -3.48. The molecule has 1 heterocycles. The Morgan fingerprint density at radius 1 is 1.07 bits per heavy atom. The van der Waals surface area contributed by atoms with Crippen molar-refractivity contribution in [3.63, 3.8) is 0 Å². The van der Waals surface area contributed by atoms with Crippen molar-refractivity contribution in [3.05, 3.63) is 53.6 Å². The Balaban J connectivity index is 1.56. The van der Waals surface area contributed by atoms with Gasteiger partial charge in [0, 0.05) is 18.8 Å². The molecule has 0 atom stereocenters. The molecule has 29 heavy (non-hydrogen) atoms. The highest BCUT2D eigenvalue weighted by molar-refractivity contribution is 7.89. The Kier molecular flexibility index (Phi) is 6.59. The summed E-state index contributed by atoms with van der Waals surface area (Å²) in [7, 11) is -3.48. The molecule has 0 spiro atoms. The minimum Gasteiger partial charge on any atom is -0.484 e. The van der Waals surface area contributed by atoms with Gasteiger partial charge in [-0.1, -0.05) is 13.0 Å². The molecule has 0 radical (unpaired) electrons. The average molecular weight is 417 g/mol. The van der Waals surface area contributed by atoms with Crippen molar-refractivity contribution in [2.75, 3.05) is 25.0 Å². The van der Waals surface area contributed by atoms with Crippen molar-refractivity contribution >= 4 is 21.6 Å². The van der Waals surface area contributed by atoms with Crippen LogP contribution in [0.2, 0.25) is 0 Å². The second kappa shape index (κ2) is 8.97. The molecule has 1 N–H and O–H groups in total. The van der Waals surface area contributed by atoms with E-state index in [1.807, 2.05) is 32.0 Å². The van der Waals surface area contributed by atoms with E-state index < -0.39 is 10.0 Å². The molecule has 1 amide bonds. The van der Waals surface area contributed by atoms with Crippen LogP contribution in [0.15, 0.2) is 47.4 Å². The number of sulfonamides is 1. The van der Waals surface area contributed by atoms with Crippen LogP contribution in [0.25, 0.3) is 0 Å². The van der Waals surface area contributed by atoms with Gasteiger partial charge in [0.2, 0.25) is 10.0 Å². The number of nitrogens with one attached hydrogen (secondary N) is 1. The molecule has 0 aromatic heterocycles. The number of hydrogen-bond donors (Lipinski definition) is 1. The van der Waals surface area contributed by atoms with E-state index in [9.17, 15) is 13.2 Å². The first-order chi connectivity index (χ1) is 13.8. The monoisotopic (exact) mass is 416 g/mol. The van der Waals surface area contributed by atoms with Gasteiger partial charge < -0.3 is 10.1 Å². The molecule has 156 valence electrons. The molecule has 0 saturated carbocycles. The Labute approximate surface area is 172 Å². The molecular weight excluding hydrogens is 388 g/mol. The molecular formula is C22H28N2O4S. The fourth-order valence-corrected chi connectivity index (χ4v) is 4.72. The van der Waals surface area contributed by atoms with Crippen LogP contribution in [0, 0.1) is 19.8 Å². The molecule has 1 saturated heterocycles. The summed E-state index contributed by atoms with van der Waals surface area (Å²) in [4.78, 5) is 12.4. The Bertz CT molecular complexity index is 963. The zero-order valence-corrected chi connectivity index (χ0v) is 18.0. The van der Waals surface area contributed by atoms with Crippen LogP contribution >= 0.6 is 0 Å². The third-order valence-corrected chi connectivity index (χ3v) is 7.28. The number of ether oxygens (including phenoxy) is 1. The normalized spacial score (nSPS) is 15.8. The highest BCUT2D eigenvalue weighted by Crippen LogP contribution is 2.24. The number of nitrogens with zero attached hydrogens (tertiary/aromatic N) is 1. The maximum atomic E-state index is 12.7. The number of aryl methyl sites for hydroxylation is 2. The van der Waals surface area contributed by atoms with E-state index in [1.165, 1.54) is 12.1 Å². The van der Waals surface area contributed by atoms with E-state index in [0.29, 0.717) is 24.8 Å². The van der Waals surface area contributed by atoms with Gasteiger partial charge in [-0.2, -0.15) is 4.31 Å². The summed E-state index contributed by atoms with van der Waals surface area (Å²) in [5.41, 5.74) is 2.98. The number of carbonyl (C=O) groups excluding carboxylic acids is 1. The van der Waals surface area contributed by atoms with Gasteiger partial charge in [0.15, 0.2) is 6.61 Å². The summed E-state index contributed by atoms with van der Waals surface area (Å²) in [5, 5.41) is 2.80. The van der Waals surface area contributed by atoms with E-state index in [4.69, 9.17) is 4.74 Å². The summed E-state index contributed by atoms with van der Waals surface area (Å²) < 4.78 is 32.5. The second-order valence-electron chi connectivity index (χ2n) is 7.69. The van der Waals surface area contributed by atoms with Gasteiger partial charge in [0.05, 0.1) is 4.90 Å². The van der Waals surface area contributed by atoms with Gasteiger partial charge in [-0.3, -0.25) is 4.79 Å². The summed E-state index contributed by atoms with van der Waals surface area (Å²) in [5.74, 6) is 0.742. The molecule has 7 heteroatoms. The van der Waals surface area contributed by atoms with Gasteiger partial charge in [0.25, 0.3) is 5.91 Å². The summed E-state index contributed by atoms with van der Waals surface area (Å²) in [6, 6.07) is 11.9. The van der Waals surface area contributed by atoms with Crippen LogP contribution < -0.4 is 10.1 Å². The first-order valence-electron chi connectivity index (χ1n) is 9.86. The van der Waals surface area contributed by atoms with Gasteiger partial charge in [0.1, 0.15) is 5.75 Å². The highest BCUT2D eigenvalue weighted by atomic mass is 32.2. The van der Waals surface area contributed by atoms with E-state index in [0.717, 1.165) is 29.7 Å². The molecule has 1 aliphatic rings. The minimum absolute atomic E-state index is 0.150. The number of carbonyl (C=O) groups is 1. The fraction of sp³-hybridized carbons (Fsp3) is 0.409. The maximum Gasteiger partial charge on any atom is 0.262 e. The topological polar surface area (TPSA) is 75.7 Å².